The second-order valence-corrected chi connectivity index (χ2v) is 5.02. The van der Waals surface area contributed by atoms with E-state index in [1.54, 1.807) is 0 Å². The largest absolute Gasteiger partial charge is 0.308 e. The summed E-state index contributed by atoms with van der Waals surface area (Å²) in [5.74, 6) is 0. The maximum absolute atomic E-state index is 4.22. The molecule has 1 heterocycles. The lowest BCUT2D eigenvalue weighted by atomic mass is 10.1. The molecule has 0 radical (unpaired) electrons. The molecule has 0 fully saturated rings. The molecule has 0 spiro atoms. The van der Waals surface area contributed by atoms with E-state index in [1.807, 2.05) is 23.1 Å². The summed E-state index contributed by atoms with van der Waals surface area (Å²) in [7, 11) is 0. The van der Waals surface area contributed by atoms with Gasteiger partial charge in [0.25, 0.3) is 0 Å². The van der Waals surface area contributed by atoms with Crippen molar-refractivity contribution in [3.05, 3.63) is 53.3 Å². The number of aromatic nitrogens is 2. The third-order valence-electron chi connectivity index (χ3n) is 3.67. The van der Waals surface area contributed by atoms with Gasteiger partial charge in [-0.1, -0.05) is 23.8 Å². The van der Waals surface area contributed by atoms with Crippen LogP contribution in [-0.2, 0) is 13.0 Å². The van der Waals surface area contributed by atoms with Gasteiger partial charge in [0.05, 0.1) is 6.54 Å². The number of nitrogens with one attached hydrogen (secondary N) is 1. The van der Waals surface area contributed by atoms with Crippen LogP contribution in [0.3, 0.4) is 0 Å². The average molecular weight is 241 g/mol. The third kappa shape index (κ3) is 2.31. The fraction of sp³-hybridized carbons (Fsp3) is 0.400. The fourth-order valence-electron chi connectivity index (χ4n) is 2.72. The molecule has 0 amide bonds. The Morgan fingerprint density at radius 3 is 3.22 bits per heavy atom. The molecule has 3 rings (SSSR count). The second kappa shape index (κ2) is 4.94. The van der Waals surface area contributed by atoms with Gasteiger partial charge in [-0.2, -0.15) is 5.10 Å². The Morgan fingerprint density at radius 1 is 1.44 bits per heavy atom. The van der Waals surface area contributed by atoms with Gasteiger partial charge in [-0.3, -0.25) is 4.68 Å². The molecule has 18 heavy (non-hydrogen) atoms. The minimum Gasteiger partial charge on any atom is -0.308 e. The van der Waals surface area contributed by atoms with Crippen LogP contribution >= 0.6 is 0 Å². The van der Waals surface area contributed by atoms with Crippen LogP contribution in [0.2, 0.25) is 0 Å². The number of fused-ring (bicyclic) bond motifs is 1. The smallest absolute Gasteiger partial charge is 0.0534 e. The summed E-state index contributed by atoms with van der Waals surface area (Å²) in [6.07, 6.45) is 6.26. The minimum atomic E-state index is 0.524. The Kier molecular flexibility index (Phi) is 3.15. The van der Waals surface area contributed by atoms with Gasteiger partial charge < -0.3 is 5.32 Å². The number of nitrogens with zero attached hydrogens (tertiary/aromatic N) is 2. The Bertz CT molecular complexity index is 517. The highest BCUT2D eigenvalue weighted by Gasteiger charge is 2.21. The first-order valence-electron chi connectivity index (χ1n) is 6.63. The van der Waals surface area contributed by atoms with E-state index in [0.717, 1.165) is 13.1 Å². The molecule has 1 aromatic carbocycles. The van der Waals surface area contributed by atoms with Crippen molar-refractivity contribution in [3.8, 4) is 0 Å². The molecule has 1 aromatic heterocycles. The molecule has 1 atom stereocenters. The lowest BCUT2D eigenvalue weighted by Gasteiger charge is -2.14. The van der Waals surface area contributed by atoms with E-state index in [-0.39, 0.29) is 0 Å². The van der Waals surface area contributed by atoms with Gasteiger partial charge in [-0.05, 0) is 37.0 Å². The molecule has 3 nitrogen and oxygen atoms in total. The molecular weight excluding hydrogens is 222 g/mol. The summed E-state index contributed by atoms with van der Waals surface area (Å²) >= 11 is 0. The van der Waals surface area contributed by atoms with E-state index in [9.17, 15) is 0 Å². The number of hydrogen-bond donors (Lipinski definition) is 1. The molecule has 1 aliphatic rings. The van der Waals surface area contributed by atoms with Crippen LogP contribution in [0.15, 0.2) is 36.7 Å². The molecule has 1 N–H and O–H groups in total. The second-order valence-electron chi connectivity index (χ2n) is 5.02. The Morgan fingerprint density at radius 2 is 2.39 bits per heavy atom. The van der Waals surface area contributed by atoms with E-state index in [4.69, 9.17) is 0 Å². The van der Waals surface area contributed by atoms with Crippen molar-refractivity contribution in [2.75, 3.05) is 6.54 Å². The van der Waals surface area contributed by atoms with E-state index in [1.165, 1.54) is 29.5 Å². The zero-order valence-corrected chi connectivity index (χ0v) is 10.8. The molecule has 0 bridgehead atoms. The monoisotopic (exact) mass is 241 g/mol. The highest BCUT2D eigenvalue weighted by Crippen LogP contribution is 2.31. The van der Waals surface area contributed by atoms with Crippen molar-refractivity contribution >= 4 is 0 Å². The van der Waals surface area contributed by atoms with Crippen molar-refractivity contribution in [3.63, 3.8) is 0 Å². The van der Waals surface area contributed by atoms with Gasteiger partial charge in [-0.15, -0.1) is 0 Å². The van der Waals surface area contributed by atoms with Gasteiger partial charge in [0.15, 0.2) is 0 Å². The summed E-state index contributed by atoms with van der Waals surface area (Å²) in [6.45, 7) is 4.07. The third-order valence-corrected chi connectivity index (χ3v) is 3.67. The van der Waals surface area contributed by atoms with Crippen molar-refractivity contribution < 1.29 is 0 Å². The number of rotatable bonds is 4. The molecule has 3 heteroatoms. The van der Waals surface area contributed by atoms with Crippen molar-refractivity contribution in [1.82, 2.24) is 15.1 Å². The molecular formula is C15H19N3. The molecule has 94 valence electrons. The predicted molar refractivity (Wildman–Crippen MR) is 72.5 cm³/mol. The lowest BCUT2D eigenvalue weighted by molar-refractivity contribution is 0.484. The van der Waals surface area contributed by atoms with E-state index < -0.39 is 0 Å². The molecule has 0 saturated carbocycles. The Labute approximate surface area is 108 Å². The minimum absolute atomic E-state index is 0.524. The van der Waals surface area contributed by atoms with Crippen LogP contribution in [-0.4, -0.2) is 16.3 Å². The molecule has 1 aliphatic carbocycles. The molecule has 0 aliphatic heterocycles. The van der Waals surface area contributed by atoms with Crippen LogP contribution in [0.5, 0.6) is 0 Å². The van der Waals surface area contributed by atoms with Gasteiger partial charge in [0.2, 0.25) is 0 Å². The summed E-state index contributed by atoms with van der Waals surface area (Å²) in [5.41, 5.74) is 4.36. The normalized spacial score (nSPS) is 17.9. The average Bonchev–Trinajstić information content (AvgIpc) is 2.99. The fourth-order valence-corrected chi connectivity index (χ4v) is 2.72. The van der Waals surface area contributed by atoms with Crippen LogP contribution in [0.4, 0.5) is 0 Å². The topological polar surface area (TPSA) is 29.9 Å². The zero-order chi connectivity index (χ0) is 12.4. The summed E-state index contributed by atoms with van der Waals surface area (Å²) in [4.78, 5) is 0. The summed E-state index contributed by atoms with van der Waals surface area (Å²) in [5, 5.41) is 7.86. The van der Waals surface area contributed by atoms with Gasteiger partial charge in [-0.25, -0.2) is 0 Å². The maximum atomic E-state index is 4.22. The zero-order valence-electron chi connectivity index (χ0n) is 10.8. The Hall–Kier alpha value is -1.61. The number of aryl methyl sites for hydroxylation is 2. The first-order valence-corrected chi connectivity index (χ1v) is 6.63. The quantitative estimate of drug-likeness (QED) is 0.891. The number of hydrogen-bond acceptors (Lipinski definition) is 2. The highest BCUT2D eigenvalue weighted by atomic mass is 15.3. The lowest BCUT2D eigenvalue weighted by Crippen LogP contribution is -2.24. The predicted octanol–water partition coefficient (Wildman–Crippen LogP) is 2.47. The van der Waals surface area contributed by atoms with E-state index in [0.29, 0.717) is 6.04 Å². The molecule has 1 unspecified atom stereocenters. The standard InChI is InChI=1S/C15H19N3/c1-12-3-4-13-5-6-15(14(13)11-12)16-8-10-18-9-2-7-17-18/h2-4,7,9,11,15-16H,5-6,8,10H2,1H3. The van der Waals surface area contributed by atoms with Crippen molar-refractivity contribution in [2.24, 2.45) is 0 Å². The number of benzene rings is 1. The first-order chi connectivity index (χ1) is 8.83. The van der Waals surface area contributed by atoms with Crippen LogP contribution in [0.25, 0.3) is 0 Å². The highest BCUT2D eigenvalue weighted by molar-refractivity contribution is 5.37. The van der Waals surface area contributed by atoms with Crippen LogP contribution < -0.4 is 5.32 Å². The van der Waals surface area contributed by atoms with Gasteiger partial charge in [0.1, 0.15) is 0 Å². The van der Waals surface area contributed by atoms with Crippen LogP contribution in [0.1, 0.15) is 29.2 Å². The maximum Gasteiger partial charge on any atom is 0.0534 e. The first kappa shape index (κ1) is 11.5. The summed E-state index contributed by atoms with van der Waals surface area (Å²) in [6, 6.07) is 9.31. The van der Waals surface area contributed by atoms with E-state index >= 15 is 0 Å². The van der Waals surface area contributed by atoms with E-state index in [2.05, 4.69) is 35.5 Å². The van der Waals surface area contributed by atoms with Crippen molar-refractivity contribution in [1.29, 1.82) is 0 Å². The Balaban J connectivity index is 1.61. The van der Waals surface area contributed by atoms with Gasteiger partial charge in [0, 0.05) is 25.0 Å². The summed E-state index contributed by atoms with van der Waals surface area (Å²) < 4.78 is 1.97. The molecule has 0 saturated heterocycles. The molecule has 2 aromatic rings. The van der Waals surface area contributed by atoms with Gasteiger partial charge >= 0.3 is 0 Å². The van der Waals surface area contributed by atoms with Crippen LogP contribution in [0, 0.1) is 6.92 Å². The van der Waals surface area contributed by atoms with Crippen molar-refractivity contribution in [2.45, 2.75) is 32.4 Å². The SMILES string of the molecule is Cc1ccc2c(c1)C(NCCn1cccn1)CC2.